The van der Waals surface area contributed by atoms with Crippen molar-refractivity contribution >= 4 is 12.1 Å². The lowest BCUT2D eigenvalue weighted by molar-refractivity contribution is -0.118. The highest BCUT2D eigenvalue weighted by atomic mass is 16.6. The third-order valence-corrected chi connectivity index (χ3v) is 6.98. The molecular formula is C24H32N2O7. The van der Waals surface area contributed by atoms with E-state index in [2.05, 4.69) is 37.1 Å². The smallest absolute Gasteiger partial charge is 0.407 e. The van der Waals surface area contributed by atoms with Gasteiger partial charge in [0.2, 0.25) is 0 Å². The van der Waals surface area contributed by atoms with Crippen LogP contribution in [0, 0.1) is 5.92 Å². The molecule has 33 heavy (non-hydrogen) atoms. The quantitative estimate of drug-likeness (QED) is 0.448. The van der Waals surface area contributed by atoms with Gasteiger partial charge in [-0.25, -0.2) is 14.6 Å². The van der Waals surface area contributed by atoms with Crippen LogP contribution in [0.15, 0.2) is 30.0 Å². The van der Waals surface area contributed by atoms with Gasteiger partial charge in [-0.1, -0.05) is 17.7 Å². The highest BCUT2D eigenvalue weighted by Gasteiger charge is 2.72. The molecule has 2 N–H and O–H groups in total. The van der Waals surface area contributed by atoms with Crippen molar-refractivity contribution in [2.75, 3.05) is 13.7 Å². The number of rotatable bonds is 8. The third kappa shape index (κ3) is 4.90. The molecule has 4 rings (SSSR count). The van der Waals surface area contributed by atoms with E-state index in [4.69, 9.17) is 24.1 Å². The number of allylic oxidation sites excluding steroid dienone is 1. The van der Waals surface area contributed by atoms with E-state index in [-0.39, 0.29) is 41.6 Å². The van der Waals surface area contributed by atoms with E-state index >= 15 is 0 Å². The Hall–Kier alpha value is -2.49. The predicted molar refractivity (Wildman–Crippen MR) is 118 cm³/mol. The van der Waals surface area contributed by atoms with E-state index < -0.39 is 18.2 Å². The maximum atomic E-state index is 12.5. The van der Waals surface area contributed by atoms with Crippen molar-refractivity contribution in [1.82, 2.24) is 10.3 Å². The Labute approximate surface area is 193 Å². The van der Waals surface area contributed by atoms with Crippen LogP contribution in [0.2, 0.25) is 0 Å². The molecule has 1 aromatic heterocycles. The van der Waals surface area contributed by atoms with E-state index in [9.17, 15) is 9.59 Å². The molecule has 180 valence electrons. The highest BCUT2D eigenvalue weighted by Crippen LogP contribution is 2.59. The summed E-state index contributed by atoms with van der Waals surface area (Å²) < 4.78 is 23.8. The Balaban J connectivity index is 1.38. The van der Waals surface area contributed by atoms with Gasteiger partial charge < -0.3 is 29.4 Å². The molecule has 3 aliphatic rings. The van der Waals surface area contributed by atoms with E-state index in [1.165, 1.54) is 17.8 Å². The molecule has 0 bridgehead atoms. The number of aromatic nitrogens is 1. The van der Waals surface area contributed by atoms with Gasteiger partial charge in [-0.2, -0.15) is 0 Å². The number of carbonyl (C=O) groups is 2. The average molecular weight is 461 g/mol. The van der Waals surface area contributed by atoms with Crippen LogP contribution in [0.1, 0.15) is 56.1 Å². The Morgan fingerprint density at radius 2 is 2.12 bits per heavy atom. The molecule has 9 heteroatoms. The molecule has 6 atom stereocenters. The largest absolute Gasteiger partial charge is 0.477 e. The second-order valence-electron chi connectivity index (χ2n) is 9.53. The number of nitrogens with one attached hydrogen (secondary N) is 1. The minimum absolute atomic E-state index is 0.0372. The fourth-order valence-electron chi connectivity index (χ4n) is 5.08. The summed E-state index contributed by atoms with van der Waals surface area (Å²) in [6.07, 6.45) is 4.63. The molecule has 1 spiro atoms. The zero-order chi connectivity index (χ0) is 23.8. The van der Waals surface area contributed by atoms with Gasteiger partial charge in [0.05, 0.1) is 18.6 Å². The summed E-state index contributed by atoms with van der Waals surface area (Å²) in [6.45, 7) is 7.10. The van der Waals surface area contributed by atoms with Gasteiger partial charge in [-0.05, 0) is 51.7 Å². The van der Waals surface area contributed by atoms with Gasteiger partial charge in [0, 0.05) is 19.9 Å². The first kappa shape index (κ1) is 23.7. The fraction of sp³-hybridized carbons (Fsp3) is 0.625. The second kappa shape index (κ2) is 9.04. The van der Waals surface area contributed by atoms with Gasteiger partial charge in [0.1, 0.15) is 29.1 Å². The summed E-state index contributed by atoms with van der Waals surface area (Å²) in [4.78, 5) is 27.3. The summed E-state index contributed by atoms with van der Waals surface area (Å²) in [7, 11) is 1.64. The van der Waals surface area contributed by atoms with Crippen LogP contribution >= 0.6 is 0 Å². The van der Waals surface area contributed by atoms with Gasteiger partial charge in [0.25, 0.3) is 0 Å². The standard InChI is InChI=1S/C24H32N2O7/c1-14(2)5-8-18-23(3,33-18)20-19(30-4)17(9-10-24(20)13-31-24)32-22(29)26-12-15-6-7-16(21(27)28)25-11-15/h5-7,11,17-20H,8-10,12-13H2,1-4H3,(H,26,29)(H,27,28)/t17-,18-,19-,20-,23+,24+/m1/s1. The zero-order valence-electron chi connectivity index (χ0n) is 19.5. The van der Waals surface area contributed by atoms with E-state index in [1.54, 1.807) is 13.2 Å². The minimum Gasteiger partial charge on any atom is -0.477 e. The van der Waals surface area contributed by atoms with Crippen LogP contribution in [0.4, 0.5) is 4.79 Å². The van der Waals surface area contributed by atoms with Crippen molar-refractivity contribution in [3.05, 3.63) is 41.2 Å². The monoisotopic (exact) mass is 460 g/mol. The summed E-state index contributed by atoms with van der Waals surface area (Å²) >= 11 is 0. The number of aromatic carboxylic acids is 1. The first-order valence-electron chi connectivity index (χ1n) is 11.3. The van der Waals surface area contributed by atoms with Crippen molar-refractivity contribution in [2.24, 2.45) is 5.92 Å². The number of hydrogen-bond acceptors (Lipinski definition) is 7. The average Bonchev–Trinajstić information content (AvgIpc) is 3.69. The lowest BCUT2D eigenvalue weighted by Crippen LogP contribution is -2.56. The number of epoxide rings is 2. The Morgan fingerprint density at radius 3 is 2.70 bits per heavy atom. The number of carboxylic acids is 1. The number of nitrogens with zero attached hydrogens (tertiary/aromatic N) is 1. The molecule has 1 amide bonds. The molecule has 1 aromatic rings. The molecule has 3 heterocycles. The maximum absolute atomic E-state index is 12.5. The molecule has 3 fully saturated rings. The minimum atomic E-state index is -1.10. The van der Waals surface area contributed by atoms with Crippen molar-refractivity contribution in [3.8, 4) is 0 Å². The number of alkyl carbamates (subject to hydrolysis) is 1. The predicted octanol–water partition coefficient (Wildman–Crippen LogP) is 3.08. The number of carbonyl (C=O) groups excluding carboxylic acids is 1. The SMILES string of the molecule is CO[C@@H]1[C@H](OC(=O)NCc2ccc(C(=O)O)nc2)CC[C@]2(CO2)[C@H]1[C@@]1(C)O[C@@H]1CC=C(C)C. The molecule has 9 nitrogen and oxygen atoms in total. The van der Waals surface area contributed by atoms with Crippen LogP contribution in [-0.2, 0) is 25.5 Å². The Morgan fingerprint density at radius 1 is 1.36 bits per heavy atom. The third-order valence-electron chi connectivity index (χ3n) is 6.98. The lowest BCUT2D eigenvalue weighted by atomic mass is 9.68. The van der Waals surface area contributed by atoms with Crippen LogP contribution < -0.4 is 5.32 Å². The van der Waals surface area contributed by atoms with E-state index in [0.29, 0.717) is 18.6 Å². The molecule has 2 aliphatic heterocycles. The van der Waals surface area contributed by atoms with Gasteiger partial charge in [-0.3, -0.25) is 0 Å². The summed E-state index contributed by atoms with van der Waals surface area (Å²) in [5.74, 6) is -1.13. The first-order valence-corrected chi connectivity index (χ1v) is 11.3. The van der Waals surface area contributed by atoms with Crippen LogP contribution in [0.3, 0.4) is 0 Å². The summed E-state index contributed by atoms with van der Waals surface area (Å²) in [6, 6.07) is 3.01. The van der Waals surface area contributed by atoms with E-state index in [1.807, 2.05) is 0 Å². The van der Waals surface area contributed by atoms with Crippen molar-refractivity contribution in [3.63, 3.8) is 0 Å². The number of hydrogen-bond donors (Lipinski definition) is 2. The molecule has 0 radical (unpaired) electrons. The maximum Gasteiger partial charge on any atom is 0.407 e. The number of methoxy groups -OCH3 is 1. The second-order valence-corrected chi connectivity index (χ2v) is 9.53. The number of pyridine rings is 1. The first-order chi connectivity index (χ1) is 15.7. The summed E-state index contributed by atoms with van der Waals surface area (Å²) in [5, 5.41) is 11.6. The highest BCUT2D eigenvalue weighted by molar-refractivity contribution is 5.85. The van der Waals surface area contributed by atoms with Crippen LogP contribution in [-0.4, -0.2) is 65.4 Å². The molecular weight excluding hydrogens is 428 g/mol. The van der Waals surface area contributed by atoms with Crippen LogP contribution in [0.5, 0.6) is 0 Å². The lowest BCUT2D eigenvalue weighted by Gasteiger charge is -2.42. The van der Waals surface area contributed by atoms with Crippen molar-refractivity contribution in [2.45, 2.75) is 76.1 Å². The van der Waals surface area contributed by atoms with Gasteiger partial charge >= 0.3 is 12.1 Å². The number of carboxylic acid groups (broad SMARTS) is 1. The van der Waals surface area contributed by atoms with E-state index in [0.717, 1.165) is 12.8 Å². The molecule has 1 aliphatic carbocycles. The molecule has 0 aromatic carbocycles. The molecule has 1 saturated carbocycles. The van der Waals surface area contributed by atoms with Crippen LogP contribution in [0.25, 0.3) is 0 Å². The van der Waals surface area contributed by atoms with Crippen molar-refractivity contribution < 1.29 is 33.6 Å². The van der Waals surface area contributed by atoms with Gasteiger partial charge in [0.15, 0.2) is 0 Å². The summed E-state index contributed by atoms with van der Waals surface area (Å²) in [5.41, 5.74) is 1.21. The number of ether oxygens (including phenoxy) is 4. The zero-order valence-corrected chi connectivity index (χ0v) is 19.5. The fourth-order valence-corrected chi connectivity index (χ4v) is 5.08. The number of amides is 1. The Bertz CT molecular complexity index is 923. The molecule has 0 unspecified atom stereocenters. The van der Waals surface area contributed by atoms with Gasteiger partial charge in [-0.15, -0.1) is 0 Å². The Kier molecular flexibility index (Phi) is 6.48. The topological polar surface area (TPSA) is 123 Å². The normalized spacial score (nSPS) is 34.4. The van der Waals surface area contributed by atoms with Crippen molar-refractivity contribution in [1.29, 1.82) is 0 Å². The molecule has 2 saturated heterocycles.